The zero-order valence-corrected chi connectivity index (χ0v) is 17.3. The maximum atomic E-state index is 13.9. The molecule has 3 heterocycles. The summed E-state index contributed by atoms with van der Waals surface area (Å²) in [5.41, 5.74) is 4.56. The number of aliphatic carboxylic acids is 1. The second-order valence-electron chi connectivity index (χ2n) is 8.28. The fraction of sp³-hybridized carbons (Fsp3) is 0.333. The van der Waals surface area contributed by atoms with E-state index in [1.165, 1.54) is 17.7 Å². The molecule has 0 bridgehead atoms. The van der Waals surface area contributed by atoms with E-state index in [9.17, 15) is 9.18 Å². The zero-order chi connectivity index (χ0) is 21.5. The lowest BCUT2D eigenvalue weighted by Gasteiger charge is -2.42. The number of carboxylic acids is 1. The first-order valence-electron chi connectivity index (χ1n) is 10.5. The van der Waals surface area contributed by atoms with Crippen molar-refractivity contribution in [2.75, 3.05) is 20.2 Å². The standard InChI is InChI=1S/C24H24FN3O3/c1-31-22-3-2-16(25)12-19(22)18-4-7-26-23-20(18)13-21(27-23)14-5-8-28(9-6-14)17-10-15(11-17)24(29)30/h2-5,7,12-13,15,17H,6,8-11H2,1H3,(H,26,27)(H,29,30). The van der Waals surface area contributed by atoms with Crippen LogP contribution in [0.25, 0.3) is 27.7 Å². The fourth-order valence-electron chi connectivity index (χ4n) is 4.67. The summed E-state index contributed by atoms with van der Waals surface area (Å²) in [5.74, 6) is -0.564. The fourth-order valence-corrected chi connectivity index (χ4v) is 4.67. The van der Waals surface area contributed by atoms with Gasteiger partial charge in [-0.05, 0) is 60.7 Å². The van der Waals surface area contributed by atoms with Crippen LogP contribution in [0.3, 0.4) is 0 Å². The highest BCUT2D eigenvalue weighted by Gasteiger charge is 2.38. The summed E-state index contributed by atoms with van der Waals surface area (Å²) in [6.07, 6.45) is 6.31. The van der Waals surface area contributed by atoms with Gasteiger partial charge in [0.15, 0.2) is 0 Å². The number of carboxylic acid groups (broad SMARTS) is 1. The molecule has 0 unspecified atom stereocenters. The molecule has 3 aromatic rings. The molecule has 1 fully saturated rings. The molecular weight excluding hydrogens is 397 g/mol. The van der Waals surface area contributed by atoms with Crippen LogP contribution < -0.4 is 4.74 Å². The summed E-state index contributed by atoms with van der Waals surface area (Å²) in [6, 6.07) is 8.84. The number of methoxy groups -OCH3 is 1. The van der Waals surface area contributed by atoms with Crippen LogP contribution in [0.4, 0.5) is 4.39 Å². The molecule has 0 saturated heterocycles. The maximum Gasteiger partial charge on any atom is 0.306 e. The minimum atomic E-state index is -0.680. The highest BCUT2D eigenvalue weighted by molar-refractivity contribution is 5.96. The van der Waals surface area contributed by atoms with E-state index in [1.807, 2.05) is 6.07 Å². The number of benzene rings is 1. The van der Waals surface area contributed by atoms with Crippen molar-refractivity contribution in [2.45, 2.75) is 25.3 Å². The number of hydrogen-bond donors (Lipinski definition) is 2. The Kier molecular flexibility index (Phi) is 4.98. The van der Waals surface area contributed by atoms with E-state index >= 15 is 0 Å². The van der Waals surface area contributed by atoms with Gasteiger partial charge in [-0.15, -0.1) is 0 Å². The third-order valence-electron chi connectivity index (χ3n) is 6.55. The number of H-pyrrole nitrogens is 1. The summed E-state index contributed by atoms with van der Waals surface area (Å²) < 4.78 is 19.4. The van der Waals surface area contributed by atoms with E-state index in [0.29, 0.717) is 17.4 Å². The molecule has 31 heavy (non-hydrogen) atoms. The van der Waals surface area contributed by atoms with Crippen molar-refractivity contribution in [3.05, 3.63) is 54.1 Å². The molecule has 1 aromatic carbocycles. The van der Waals surface area contributed by atoms with Gasteiger partial charge in [-0.3, -0.25) is 9.69 Å². The van der Waals surface area contributed by atoms with Crippen LogP contribution >= 0.6 is 0 Å². The maximum absolute atomic E-state index is 13.9. The molecule has 0 amide bonds. The summed E-state index contributed by atoms with van der Waals surface area (Å²) >= 11 is 0. The average molecular weight is 421 g/mol. The number of halogens is 1. The third-order valence-corrected chi connectivity index (χ3v) is 6.55. The Morgan fingerprint density at radius 2 is 2.10 bits per heavy atom. The number of ether oxygens (including phenoxy) is 1. The second kappa shape index (κ2) is 7.81. The Balaban J connectivity index is 1.41. The van der Waals surface area contributed by atoms with Gasteiger partial charge in [-0.2, -0.15) is 0 Å². The number of carbonyl (C=O) groups is 1. The summed E-state index contributed by atoms with van der Waals surface area (Å²) in [6.45, 7) is 1.73. The SMILES string of the molecule is COc1ccc(F)cc1-c1ccnc2[nH]c(C3=CCN(C4CC(C(=O)O)C4)CC3)cc12. The molecule has 1 aliphatic carbocycles. The van der Waals surface area contributed by atoms with Crippen LogP contribution in [0.2, 0.25) is 0 Å². The van der Waals surface area contributed by atoms with Crippen LogP contribution in [-0.2, 0) is 4.79 Å². The van der Waals surface area contributed by atoms with Crippen LogP contribution in [0.5, 0.6) is 5.75 Å². The average Bonchev–Trinajstić information content (AvgIpc) is 3.17. The van der Waals surface area contributed by atoms with Gasteiger partial charge in [-0.25, -0.2) is 9.37 Å². The first-order valence-corrected chi connectivity index (χ1v) is 10.5. The highest BCUT2D eigenvalue weighted by atomic mass is 19.1. The number of nitrogens with one attached hydrogen (secondary N) is 1. The Hall–Kier alpha value is -3.19. The van der Waals surface area contributed by atoms with Crippen molar-refractivity contribution in [3.8, 4) is 16.9 Å². The quantitative estimate of drug-likeness (QED) is 0.641. The van der Waals surface area contributed by atoms with Gasteiger partial charge >= 0.3 is 5.97 Å². The lowest BCUT2D eigenvalue weighted by molar-refractivity contribution is -0.147. The van der Waals surface area contributed by atoms with E-state index in [0.717, 1.165) is 54.6 Å². The smallest absolute Gasteiger partial charge is 0.306 e. The first-order chi connectivity index (χ1) is 15.0. The Bertz CT molecular complexity index is 1180. The zero-order valence-electron chi connectivity index (χ0n) is 17.3. The molecule has 2 N–H and O–H groups in total. The number of aromatic amines is 1. The van der Waals surface area contributed by atoms with Crippen LogP contribution in [0.1, 0.15) is 25.0 Å². The van der Waals surface area contributed by atoms with Gasteiger partial charge in [-0.1, -0.05) is 6.08 Å². The molecule has 5 rings (SSSR count). The number of fused-ring (bicyclic) bond motifs is 1. The molecule has 2 aliphatic rings. The number of pyridine rings is 1. The van der Waals surface area contributed by atoms with E-state index in [4.69, 9.17) is 9.84 Å². The monoisotopic (exact) mass is 421 g/mol. The molecule has 0 spiro atoms. The van der Waals surface area contributed by atoms with Gasteiger partial charge in [0.1, 0.15) is 17.2 Å². The molecule has 1 saturated carbocycles. The van der Waals surface area contributed by atoms with Crippen LogP contribution in [-0.4, -0.2) is 52.2 Å². The largest absolute Gasteiger partial charge is 0.496 e. The predicted octanol–water partition coefficient (Wildman–Crippen LogP) is 4.33. The first kappa shape index (κ1) is 19.8. The van der Waals surface area contributed by atoms with Gasteiger partial charge in [0.25, 0.3) is 0 Å². The van der Waals surface area contributed by atoms with Crippen molar-refractivity contribution >= 4 is 22.6 Å². The highest BCUT2D eigenvalue weighted by Crippen LogP contribution is 2.38. The van der Waals surface area contributed by atoms with Crippen molar-refractivity contribution in [1.82, 2.24) is 14.9 Å². The minimum Gasteiger partial charge on any atom is -0.496 e. The topological polar surface area (TPSA) is 78.5 Å². The van der Waals surface area contributed by atoms with E-state index in [-0.39, 0.29) is 11.7 Å². The molecular formula is C24H24FN3O3. The number of nitrogens with zero attached hydrogens (tertiary/aromatic N) is 2. The van der Waals surface area contributed by atoms with Gasteiger partial charge < -0.3 is 14.8 Å². The lowest BCUT2D eigenvalue weighted by atomic mass is 9.79. The predicted molar refractivity (Wildman–Crippen MR) is 116 cm³/mol. The summed E-state index contributed by atoms with van der Waals surface area (Å²) in [5, 5.41) is 10.0. The van der Waals surface area contributed by atoms with Crippen molar-refractivity contribution in [3.63, 3.8) is 0 Å². The number of hydrogen-bond acceptors (Lipinski definition) is 4. The molecule has 0 radical (unpaired) electrons. The molecule has 7 heteroatoms. The van der Waals surface area contributed by atoms with Gasteiger partial charge in [0.05, 0.1) is 13.0 Å². The Morgan fingerprint density at radius 3 is 2.81 bits per heavy atom. The second-order valence-corrected chi connectivity index (χ2v) is 8.28. The molecule has 1 aliphatic heterocycles. The van der Waals surface area contributed by atoms with E-state index < -0.39 is 5.97 Å². The molecule has 160 valence electrons. The normalized spacial score (nSPS) is 21.5. The van der Waals surface area contributed by atoms with E-state index in [1.54, 1.807) is 19.4 Å². The van der Waals surface area contributed by atoms with Crippen molar-refractivity contribution < 1.29 is 19.0 Å². The van der Waals surface area contributed by atoms with E-state index in [2.05, 4.69) is 27.0 Å². The van der Waals surface area contributed by atoms with Gasteiger partial charge in [0.2, 0.25) is 0 Å². The van der Waals surface area contributed by atoms with Crippen LogP contribution in [0, 0.1) is 11.7 Å². The third kappa shape index (κ3) is 3.59. The van der Waals surface area contributed by atoms with Crippen LogP contribution in [0.15, 0.2) is 42.6 Å². The minimum absolute atomic E-state index is 0.187. The Morgan fingerprint density at radius 1 is 1.26 bits per heavy atom. The number of rotatable bonds is 5. The van der Waals surface area contributed by atoms with Crippen molar-refractivity contribution in [2.24, 2.45) is 5.92 Å². The Labute approximate surface area is 179 Å². The molecule has 0 atom stereocenters. The lowest BCUT2D eigenvalue weighted by Crippen LogP contribution is -2.48. The summed E-state index contributed by atoms with van der Waals surface area (Å²) in [7, 11) is 1.58. The summed E-state index contributed by atoms with van der Waals surface area (Å²) in [4.78, 5) is 21.3. The van der Waals surface area contributed by atoms with Crippen molar-refractivity contribution in [1.29, 1.82) is 0 Å². The molecule has 2 aromatic heterocycles. The molecule has 6 nitrogen and oxygen atoms in total. The number of aromatic nitrogens is 2. The van der Waals surface area contributed by atoms with Gasteiger partial charge in [0, 0.05) is 42.0 Å².